The van der Waals surface area contributed by atoms with E-state index in [9.17, 15) is 9.59 Å². The van der Waals surface area contributed by atoms with E-state index in [1.165, 1.54) is 6.21 Å². The lowest BCUT2D eigenvalue weighted by molar-refractivity contribution is -0.120. The third-order valence-electron chi connectivity index (χ3n) is 3.56. The van der Waals surface area contributed by atoms with Gasteiger partial charge >= 0.3 is 6.03 Å². The molecule has 0 unspecified atom stereocenters. The summed E-state index contributed by atoms with van der Waals surface area (Å²) in [6, 6.07) is 11.6. The predicted molar refractivity (Wildman–Crippen MR) is 98.3 cm³/mol. The molecule has 0 aliphatic carbocycles. The van der Waals surface area contributed by atoms with Crippen LogP contribution >= 0.6 is 0 Å². The van der Waals surface area contributed by atoms with Gasteiger partial charge in [-0.1, -0.05) is 0 Å². The maximum absolute atomic E-state index is 11.8. The van der Waals surface area contributed by atoms with Gasteiger partial charge in [-0.25, -0.2) is 10.2 Å². The summed E-state index contributed by atoms with van der Waals surface area (Å²) in [4.78, 5) is 23.5. The van der Waals surface area contributed by atoms with Crippen molar-refractivity contribution in [2.45, 2.75) is 0 Å². The third-order valence-corrected chi connectivity index (χ3v) is 3.56. The van der Waals surface area contributed by atoms with Crippen molar-refractivity contribution in [3.8, 4) is 17.2 Å². The van der Waals surface area contributed by atoms with Crippen LogP contribution in [0.25, 0.3) is 0 Å². The van der Waals surface area contributed by atoms with Crippen molar-refractivity contribution in [2.75, 3.05) is 25.8 Å². The molecule has 140 valence electrons. The van der Waals surface area contributed by atoms with E-state index in [4.69, 9.17) is 14.2 Å². The molecule has 0 radical (unpaired) electrons. The van der Waals surface area contributed by atoms with Gasteiger partial charge in [-0.05, 0) is 48.0 Å². The van der Waals surface area contributed by atoms with Crippen molar-refractivity contribution in [3.05, 3.63) is 48.0 Å². The Labute approximate surface area is 155 Å². The summed E-state index contributed by atoms with van der Waals surface area (Å²) in [5, 5.41) is 8.88. The van der Waals surface area contributed by atoms with Gasteiger partial charge in [0.15, 0.2) is 11.5 Å². The first-order valence-corrected chi connectivity index (χ1v) is 8.04. The second kappa shape index (κ2) is 8.56. The minimum Gasteiger partial charge on any atom is -0.497 e. The van der Waals surface area contributed by atoms with E-state index in [0.717, 1.165) is 5.56 Å². The van der Waals surface area contributed by atoms with Crippen LogP contribution in [-0.4, -0.2) is 38.6 Å². The molecule has 2 aromatic carbocycles. The Morgan fingerprint density at radius 2 is 1.93 bits per heavy atom. The van der Waals surface area contributed by atoms with Crippen LogP contribution in [0, 0.1) is 0 Å². The summed E-state index contributed by atoms with van der Waals surface area (Å²) in [5.74, 6) is 1.52. The lowest BCUT2D eigenvalue weighted by Gasteiger charge is -2.07. The second-order valence-electron chi connectivity index (χ2n) is 5.44. The lowest BCUT2D eigenvalue weighted by atomic mass is 10.2. The van der Waals surface area contributed by atoms with Crippen molar-refractivity contribution >= 4 is 23.8 Å². The number of carbonyl (C=O) groups is 2. The van der Waals surface area contributed by atoms with Crippen LogP contribution in [0.15, 0.2) is 47.6 Å². The quantitative estimate of drug-likeness (QED) is 0.529. The van der Waals surface area contributed by atoms with Crippen molar-refractivity contribution in [2.24, 2.45) is 5.10 Å². The standard InChI is InChI=1S/C18H18N4O5/c1-25-14-5-3-13(4-6-14)21-18(24)19-10-17(23)22-20-9-12-2-7-15-16(8-12)27-11-26-15/h2-9H,10-11H2,1H3,(H,22,23)(H2,19,21,24)/b20-9+. The van der Waals surface area contributed by atoms with Gasteiger partial charge in [-0.2, -0.15) is 5.10 Å². The largest absolute Gasteiger partial charge is 0.497 e. The highest BCUT2D eigenvalue weighted by atomic mass is 16.7. The summed E-state index contributed by atoms with van der Waals surface area (Å²) >= 11 is 0. The van der Waals surface area contributed by atoms with Crippen LogP contribution in [0.1, 0.15) is 5.56 Å². The molecule has 3 N–H and O–H groups in total. The summed E-state index contributed by atoms with van der Waals surface area (Å²) in [6.07, 6.45) is 1.47. The number of urea groups is 1. The number of fused-ring (bicyclic) bond motifs is 1. The molecule has 0 saturated heterocycles. The Morgan fingerprint density at radius 1 is 1.15 bits per heavy atom. The average molecular weight is 370 g/mol. The average Bonchev–Trinajstić information content (AvgIpc) is 3.15. The van der Waals surface area contributed by atoms with Gasteiger partial charge < -0.3 is 24.8 Å². The number of nitrogens with zero attached hydrogens (tertiary/aromatic N) is 1. The van der Waals surface area contributed by atoms with Gasteiger partial charge in [0.2, 0.25) is 6.79 Å². The number of nitrogens with one attached hydrogen (secondary N) is 3. The first kappa shape index (κ1) is 18.1. The number of anilines is 1. The normalized spacial score (nSPS) is 11.9. The number of hydrogen-bond acceptors (Lipinski definition) is 6. The maximum Gasteiger partial charge on any atom is 0.319 e. The molecule has 0 spiro atoms. The molecule has 9 nitrogen and oxygen atoms in total. The van der Waals surface area contributed by atoms with Crippen LogP contribution < -0.4 is 30.3 Å². The molecule has 27 heavy (non-hydrogen) atoms. The van der Waals surface area contributed by atoms with Gasteiger partial charge in [0.05, 0.1) is 13.3 Å². The van der Waals surface area contributed by atoms with Crippen molar-refractivity contribution in [1.82, 2.24) is 10.7 Å². The van der Waals surface area contributed by atoms with Crippen LogP contribution in [0.5, 0.6) is 17.2 Å². The van der Waals surface area contributed by atoms with Gasteiger partial charge in [0, 0.05) is 5.69 Å². The summed E-state index contributed by atoms with van der Waals surface area (Å²) < 4.78 is 15.5. The SMILES string of the molecule is COc1ccc(NC(=O)NCC(=O)N/N=C/c2ccc3c(c2)OCO3)cc1. The van der Waals surface area contributed by atoms with Gasteiger partial charge in [0.25, 0.3) is 5.91 Å². The minimum absolute atomic E-state index is 0.191. The number of hydrogen-bond donors (Lipinski definition) is 3. The molecule has 9 heteroatoms. The van der Waals surface area contributed by atoms with Gasteiger partial charge in [-0.3, -0.25) is 4.79 Å². The number of hydrazone groups is 1. The van der Waals surface area contributed by atoms with E-state index in [0.29, 0.717) is 22.9 Å². The van der Waals surface area contributed by atoms with Crippen LogP contribution in [-0.2, 0) is 4.79 Å². The van der Waals surface area contributed by atoms with Gasteiger partial charge in [-0.15, -0.1) is 0 Å². The molecule has 2 aromatic rings. The first-order valence-electron chi connectivity index (χ1n) is 8.04. The predicted octanol–water partition coefficient (Wildman–Crippen LogP) is 1.70. The molecule has 0 aromatic heterocycles. The van der Waals surface area contributed by atoms with Crippen molar-refractivity contribution in [3.63, 3.8) is 0 Å². The van der Waals surface area contributed by atoms with Crippen LogP contribution in [0.2, 0.25) is 0 Å². The van der Waals surface area contributed by atoms with E-state index in [2.05, 4.69) is 21.2 Å². The fourth-order valence-electron chi connectivity index (χ4n) is 2.22. The zero-order valence-corrected chi connectivity index (χ0v) is 14.5. The Morgan fingerprint density at radius 3 is 2.70 bits per heavy atom. The fourth-order valence-corrected chi connectivity index (χ4v) is 2.22. The Kier molecular flexibility index (Phi) is 5.73. The number of carbonyl (C=O) groups excluding carboxylic acids is 2. The Balaban J connectivity index is 1.40. The highest BCUT2D eigenvalue weighted by Gasteiger charge is 2.12. The number of rotatable bonds is 6. The summed E-state index contributed by atoms with van der Waals surface area (Å²) in [7, 11) is 1.56. The molecule has 3 amide bonds. The monoisotopic (exact) mass is 370 g/mol. The number of ether oxygens (including phenoxy) is 3. The third kappa shape index (κ3) is 5.11. The van der Waals surface area contributed by atoms with E-state index >= 15 is 0 Å². The Hall–Kier alpha value is -3.75. The molecule has 0 fully saturated rings. The number of benzene rings is 2. The molecule has 1 aliphatic rings. The summed E-state index contributed by atoms with van der Waals surface area (Å²) in [5.41, 5.74) is 3.65. The highest BCUT2D eigenvalue weighted by Crippen LogP contribution is 2.31. The second-order valence-corrected chi connectivity index (χ2v) is 5.44. The van der Waals surface area contributed by atoms with E-state index in [1.807, 2.05) is 0 Å². The molecule has 1 heterocycles. The number of methoxy groups -OCH3 is 1. The topological polar surface area (TPSA) is 110 Å². The molecule has 0 atom stereocenters. The van der Waals surface area contributed by atoms with E-state index in [-0.39, 0.29) is 13.3 Å². The Bertz CT molecular complexity index is 851. The van der Waals surface area contributed by atoms with Gasteiger partial charge in [0.1, 0.15) is 12.3 Å². The fraction of sp³-hybridized carbons (Fsp3) is 0.167. The molecule has 0 bridgehead atoms. The zero-order chi connectivity index (χ0) is 19.1. The minimum atomic E-state index is -0.505. The zero-order valence-electron chi connectivity index (χ0n) is 14.5. The summed E-state index contributed by atoms with van der Waals surface area (Å²) in [6.45, 7) is -0.0304. The van der Waals surface area contributed by atoms with Crippen LogP contribution in [0.3, 0.4) is 0 Å². The lowest BCUT2D eigenvalue weighted by Crippen LogP contribution is -2.37. The first-order chi connectivity index (χ1) is 13.1. The smallest absolute Gasteiger partial charge is 0.319 e. The van der Waals surface area contributed by atoms with Crippen molar-refractivity contribution in [1.29, 1.82) is 0 Å². The van der Waals surface area contributed by atoms with E-state index in [1.54, 1.807) is 49.6 Å². The molecule has 0 saturated carbocycles. The van der Waals surface area contributed by atoms with E-state index < -0.39 is 11.9 Å². The molecular formula is C18H18N4O5. The highest BCUT2D eigenvalue weighted by molar-refractivity contribution is 5.92. The van der Waals surface area contributed by atoms with Crippen LogP contribution in [0.4, 0.5) is 10.5 Å². The molecule has 3 rings (SSSR count). The maximum atomic E-state index is 11.8. The number of amides is 3. The molecular weight excluding hydrogens is 352 g/mol. The van der Waals surface area contributed by atoms with Crippen molar-refractivity contribution < 1.29 is 23.8 Å². The molecule has 1 aliphatic heterocycles.